The lowest BCUT2D eigenvalue weighted by atomic mass is 10.2. The normalized spacial score (nSPS) is 10.8. The highest BCUT2D eigenvalue weighted by atomic mass is 32.2. The van der Waals surface area contributed by atoms with Crippen molar-refractivity contribution >= 4 is 44.6 Å². The van der Waals surface area contributed by atoms with E-state index in [0.717, 1.165) is 0 Å². The van der Waals surface area contributed by atoms with Crippen LogP contribution in [0.4, 0.5) is 11.4 Å². The van der Waals surface area contributed by atoms with Gasteiger partial charge in [-0.05, 0) is 60.7 Å². The topological polar surface area (TPSA) is 127 Å². The summed E-state index contributed by atoms with van der Waals surface area (Å²) in [7, 11) is -3.72. The largest absolute Gasteiger partial charge is 0.366 e. The predicted octanol–water partition coefficient (Wildman–Crippen LogP) is 1.24. The van der Waals surface area contributed by atoms with Crippen molar-refractivity contribution in [2.45, 2.75) is 4.90 Å². The Morgan fingerprint density at radius 2 is 1.35 bits per heavy atom. The van der Waals surface area contributed by atoms with Crippen LogP contribution in [0, 0.1) is 0 Å². The Balaban J connectivity index is 2.00. The van der Waals surface area contributed by atoms with Crippen molar-refractivity contribution in [3.05, 3.63) is 54.1 Å². The summed E-state index contributed by atoms with van der Waals surface area (Å²) in [5, 5.41) is 11.2. The maximum Gasteiger partial charge on any atom is 0.248 e. The Kier molecular flexibility index (Phi) is 4.94. The Bertz CT molecular complexity index is 831. The van der Waals surface area contributed by atoms with Crippen LogP contribution in [-0.2, 0) is 10.0 Å². The maximum atomic E-state index is 11.2. The van der Waals surface area contributed by atoms with Crippen LogP contribution >= 0.6 is 12.2 Å². The fourth-order valence-corrected chi connectivity index (χ4v) is 2.49. The van der Waals surface area contributed by atoms with Crippen LogP contribution in [0.3, 0.4) is 0 Å². The molecule has 6 N–H and O–H groups in total. The molecule has 0 saturated carbocycles. The van der Waals surface area contributed by atoms with Gasteiger partial charge in [0.2, 0.25) is 15.9 Å². The number of thiocarbonyl (C=S) groups is 1. The first kappa shape index (κ1) is 16.9. The first-order valence-electron chi connectivity index (χ1n) is 6.36. The van der Waals surface area contributed by atoms with E-state index < -0.39 is 15.9 Å². The molecule has 0 fully saturated rings. The molecule has 1 amide bonds. The number of nitrogens with two attached hydrogens (primary N) is 2. The number of hydrogen-bond acceptors (Lipinski definition) is 4. The quantitative estimate of drug-likeness (QED) is 0.614. The Labute approximate surface area is 138 Å². The van der Waals surface area contributed by atoms with Crippen LogP contribution in [0.25, 0.3) is 0 Å². The van der Waals surface area contributed by atoms with E-state index in [1.807, 2.05) is 0 Å². The predicted molar refractivity (Wildman–Crippen MR) is 92.6 cm³/mol. The molecule has 0 atom stereocenters. The van der Waals surface area contributed by atoms with Gasteiger partial charge >= 0.3 is 0 Å². The average Bonchev–Trinajstić information content (AvgIpc) is 2.47. The highest BCUT2D eigenvalue weighted by Crippen LogP contribution is 2.14. The molecule has 0 spiro atoms. The molecule has 7 nitrogen and oxygen atoms in total. The molecule has 0 heterocycles. The Morgan fingerprint density at radius 3 is 1.74 bits per heavy atom. The smallest absolute Gasteiger partial charge is 0.248 e. The lowest BCUT2D eigenvalue weighted by Gasteiger charge is -2.11. The molecule has 0 aliphatic heterocycles. The third-order valence-electron chi connectivity index (χ3n) is 2.87. The van der Waals surface area contributed by atoms with Gasteiger partial charge in [0.1, 0.15) is 0 Å². The van der Waals surface area contributed by atoms with Gasteiger partial charge in [-0.1, -0.05) is 0 Å². The van der Waals surface area contributed by atoms with Gasteiger partial charge in [-0.2, -0.15) is 0 Å². The Morgan fingerprint density at radius 1 is 0.913 bits per heavy atom. The summed E-state index contributed by atoms with van der Waals surface area (Å²) in [6.07, 6.45) is 0. The number of rotatable bonds is 4. The van der Waals surface area contributed by atoms with Crippen LogP contribution in [-0.4, -0.2) is 19.4 Å². The number of primary sulfonamides is 1. The van der Waals surface area contributed by atoms with Crippen molar-refractivity contribution in [2.24, 2.45) is 10.9 Å². The molecule has 0 bridgehead atoms. The molecule has 0 saturated heterocycles. The van der Waals surface area contributed by atoms with Crippen LogP contribution < -0.4 is 21.5 Å². The summed E-state index contributed by atoms with van der Waals surface area (Å²) >= 11 is 5.15. The number of amides is 1. The van der Waals surface area contributed by atoms with Gasteiger partial charge in [0.15, 0.2) is 5.11 Å². The van der Waals surface area contributed by atoms with Crippen molar-refractivity contribution in [1.82, 2.24) is 0 Å². The summed E-state index contributed by atoms with van der Waals surface area (Å²) in [6.45, 7) is 0. The third-order valence-corrected chi connectivity index (χ3v) is 4.00. The second-order valence-corrected chi connectivity index (χ2v) is 6.56. The zero-order valence-corrected chi connectivity index (χ0v) is 13.4. The number of carbonyl (C=O) groups excluding carboxylic acids is 1. The van der Waals surface area contributed by atoms with Crippen LogP contribution in [0.15, 0.2) is 53.4 Å². The van der Waals surface area contributed by atoms with E-state index in [1.54, 1.807) is 36.4 Å². The summed E-state index contributed by atoms with van der Waals surface area (Å²) < 4.78 is 22.3. The second kappa shape index (κ2) is 6.73. The van der Waals surface area contributed by atoms with Gasteiger partial charge in [0, 0.05) is 16.9 Å². The van der Waals surface area contributed by atoms with Gasteiger partial charge in [-0.25, -0.2) is 13.6 Å². The van der Waals surface area contributed by atoms with Gasteiger partial charge in [0.05, 0.1) is 4.90 Å². The van der Waals surface area contributed by atoms with E-state index >= 15 is 0 Å². The SMILES string of the molecule is NC(=O)c1ccc(NC(=S)Nc2ccc(S(N)(=O)=O)cc2)cc1. The highest BCUT2D eigenvalue weighted by Gasteiger charge is 2.07. The highest BCUT2D eigenvalue weighted by molar-refractivity contribution is 7.89. The minimum atomic E-state index is -3.72. The number of primary amides is 1. The number of anilines is 2. The molecule has 2 aromatic carbocycles. The summed E-state index contributed by atoms with van der Waals surface area (Å²) in [5.41, 5.74) is 6.83. The minimum absolute atomic E-state index is 0.0176. The van der Waals surface area contributed by atoms with E-state index in [-0.39, 0.29) is 4.90 Å². The van der Waals surface area contributed by atoms with Crippen molar-refractivity contribution in [3.8, 4) is 0 Å². The molecule has 0 aliphatic rings. The number of carbonyl (C=O) groups is 1. The molecule has 2 aromatic rings. The molecular weight excluding hydrogens is 336 g/mol. The molecule has 9 heteroatoms. The second-order valence-electron chi connectivity index (χ2n) is 4.59. The summed E-state index contributed by atoms with van der Waals surface area (Å²) in [5.74, 6) is -0.507. The fraction of sp³-hybridized carbons (Fsp3) is 0. The molecule has 0 unspecified atom stereocenters. The van der Waals surface area contributed by atoms with Crippen LogP contribution in [0.5, 0.6) is 0 Å². The molecule has 120 valence electrons. The van der Waals surface area contributed by atoms with Gasteiger partial charge in [0.25, 0.3) is 0 Å². The average molecular weight is 350 g/mol. The molecule has 2 rings (SSSR count). The zero-order valence-electron chi connectivity index (χ0n) is 11.8. The van der Waals surface area contributed by atoms with Crippen molar-refractivity contribution in [3.63, 3.8) is 0 Å². The van der Waals surface area contributed by atoms with E-state index in [4.69, 9.17) is 23.1 Å². The molecule has 0 radical (unpaired) electrons. The van der Waals surface area contributed by atoms with Crippen molar-refractivity contribution in [1.29, 1.82) is 0 Å². The molecule has 0 aromatic heterocycles. The standard InChI is InChI=1S/C14H14N4O3S2/c15-13(19)9-1-3-10(4-2-9)17-14(22)18-11-5-7-12(8-6-11)23(16,20)21/h1-8H,(H2,15,19)(H2,16,20,21)(H2,17,18,22). The Hall–Kier alpha value is -2.49. The van der Waals surface area contributed by atoms with Gasteiger partial charge in [-0.3, -0.25) is 4.79 Å². The molecule has 23 heavy (non-hydrogen) atoms. The maximum absolute atomic E-state index is 11.2. The third kappa shape index (κ3) is 4.74. The monoisotopic (exact) mass is 350 g/mol. The first-order valence-corrected chi connectivity index (χ1v) is 8.32. The van der Waals surface area contributed by atoms with Gasteiger partial charge in [-0.15, -0.1) is 0 Å². The molecule has 0 aliphatic carbocycles. The van der Waals surface area contributed by atoms with Crippen LogP contribution in [0.2, 0.25) is 0 Å². The minimum Gasteiger partial charge on any atom is -0.366 e. The summed E-state index contributed by atoms with van der Waals surface area (Å²) in [4.78, 5) is 11.0. The zero-order chi connectivity index (χ0) is 17.0. The van der Waals surface area contributed by atoms with E-state index in [1.165, 1.54) is 12.1 Å². The fourth-order valence-electron chi connectivity index (χ4n) is 1.74. The van der Waals surface area contributed by atoms with E-state index in [2.05, 4.69) is 10.6 Å². The number of benzene rings is 2. The van der Waals surface area contributed by atoms with E-state index in [9.17, 15) is 13.2 Å². The van der Waals surface area contributed by atoms with Crippen molar-refractivity contribution < 1.29 is 13.2 Å². The van der Waals surface area contributed by atoms with E-state index in [0.29, 0.717) is 22.1 Å². The van der Waals surface area contributed by atoms with Crippen LogP contribution in [0.1, 0.15) is 10.4 Å². The van der Waals surface area contributed by atoms with Gasteiger partial charge < -0.3 is 16.4 Å². The van der Waals surface area contributed by atoms with Crippen molar-refractivity contribution in [2.75, 3.05) is 10.6 Å². The first-order chi connectivity index (χ1) is 10.8. The molecular formula is C14H14N4O3S2. The number of sulfonamides is 1. The number of hydrogen-bond donors (Lipinski definition) is 4. The lowest BCUT2D eigenvalue weighted by molar-refractivity contribution is 0.100. The number of nitrogens with one attached hydrogen (secondary N) is 2. The lowest BCUT2D eigenvalue weighted by Crippen LogP contribution is -2.19. The summed E-state index contributed by atoms with van der Waals surface area (Å²) in [6, 6.07) is 12.3.